The molecule has 1 saturated heterocycles. The van der Waals surface area contributed by atoms with Crippen LogP contribution in [0.15, 0.2) is 54.6 Å². The van der Waals surface area contributed by atoms with E-state index in [4.69, 9.17) is 0 Å². The zero-order valence-electron chi connectivity index (χ0n) is 12.6. The van der Waals surface area contributed by atoms with E-state index in [1.165, 1.54) is 16.7 Å². The van der Waals surface area contributed by atoms with E-state index in [9.17, 15) is 4.79 Å². The second kappa shape index (κ2) is 6.66. The molecule has 3 heteroatoms. The highest BCUT2D eigenvalue weighted by Crippen LogP contribution is 2.37. The minimum absolute atomic E-state index is 0.0702. The van der Waals surface area contributed by atoms with Gasteiger partial charge < -0.3 is 5.32 Å². The van der Waals surface area contributed by atoms with Gasteiger partial charge >= 0.3 is 0 Å². The van der Waals surface area contributed by atoms with Crippen LogP contribution in [0, 0.1) is 6.92 Å². The lowest BCUT2D eigenvalue weighted by molar-refractivity contribution is -0.120. The molecule has 1 aliphatic heterocycles. The van der Waals surface area contributed by atoms with Gasteiger partial charge in [-0.05, 0) is 42.4 Å². The van der Waals surface area contributed by atoms with Crippen LogP contribution in [0.2, 0.25) is 0 Å². The van der Waals surface area contributed by atoms with Gasteiger partial charge in [-0.15, -0.1) is 0 Å². The van der Waals surface area contributed by atoms with Crippen LogP contribution in [-0.4, -0.2) is 10.7 Å². The van der Waals surface area contributed by atoms with Crippen LogP contribution in [0.4, 0.5) is 0 Å². The van der Waals surface area contributed by atoms with Crippen molar-refractivity contribution in [2.45, 2.75) is 36.6 Å². The lowest BCUT2D eigenvalue weighted by atomic mass is 9.85. The SMILES string of the molecule is Cc1ccccc1C1CC(Br)C(=O)NC(c2ccccc2)C1. The van der Waals surface area contributed by atoms with Crippen LogP contribution < -0.4 is 5.32 Å². The van der Waals surface area contributed by atoms with Crippen molar-refractivity contribution in [3.05, 3.63) is 71.3 Å². The van der Waals surface area contributed by atoms with Crippen molar-refractivity contribution < 1.29 is 4.79 Å². The second-order valence-corrected chi connectivity index (χ2v) is 7.07. The van der Waals surface area contributed by atoms with Crippen molar-refractivity contribution in [2.24, 2.45) is 0 Å². The van der Waals surface area contributed by atoms with Gasteiger partial charge in [-0.3, -0.25) is 4.79 Å². The molecule has 2 aromatic carbocycles. The molecule has 0 saturated carbocycles. The summed E-state index contributed by atoms with van der Waals surface area (Å²) < 4.78 is 0. The molecule has 1 fully saturated rings. The summed E-state index contributed by atoms with van der Waals surface area (Å²) in [6.07, 6.45) is 1.77. The molecule has 1 heterocycles. The lowest BCUT2D eigenvalue weighted by Crippen LogP contribution is -2.31. The first-order chi connectivity index (χ1) is 10.6. The van der Waals surface area contributed by atoms with Crippen molar-refractivity contribution >= 4 is 21.8 Å². The molecule has 1 amide bonds. The zero-order valence-corrected chi connectivity index (χ0v) is 14.2. The fraction of sp³-hybridized carbons (Fsp3) is 0.316. The van der Waals surface area contributed by atoms with Gasteiger partial charge in [-0.2, -0.15) is 0 Å². The van der Waals surface area contributed by atoms with Crippen molar-refractivity contribution in [3.8, 4) is 0 Å². The first kappa shape index (κ1) is 15.3. The lowest BCUT2D eigenvalue weighted by Gasteiger charge is -2.22. The molecule has 22 heavy (non-hydrogen) atoms. The standard InChI is InChI=1S/C19H20BrNO/c1-13-7-5-6-10-16(13)15-11-17(20)19(22)21-18(12-15)14-8-3-2-4-9-14/h2-10,15,17-18H,11-12H2,1H3,(H,21,22). The van der Waals surface area contributed by atoms with Crippen LogP contribution >= 0.6 is 15.9 Å². The van der Waals surface area contributed by atoms with Crippen molar-refractivity contribution in [2.75, 3.05) is 0 Å². The van der Waals surface area contributed by atoms with Gasteiger partial charge in [0.15, 0.2) is 0 Å². The quantitative estimate of drug-likeness (QED) is 0.788. The summed E-state index contributed by atoms with van der Waals surface area (Å²) in [6, 6.07) is 18.8. The van der Waals surface area contributed by atoms with E-state index in [1.54, 1.807) is 0 Å². The molecule has 0 aromatic heterocycles. The number of hydrogen-bond donors (Lipinski definition) is 1. The Balaban J connectivity index is 1.94. The van der Waals surface area contributed by atoms with Crippen molar-refractivity contribution in [1.29, 1.82) is 0 Å². The van der Waals surface area contributed by atoms with Gasteiger partial charge in [-0.25, -0.2) is 0 Å². The maximum Gasteiger partial charge on any atom is 0.234 e. The average Bonchev–Trinajstić information content (AvgIpc) is 2.68. The van der Waals surface area contributed by atoms with Gasteiger partial charge in [0.25, 0.3) is 0 Å². The number of alkyl halides is 1. The molecule has 2 nitrogen and oxygen atoms in total. The van der Waals surface area contributed by atoms with Gasteiger partial charge in [0.2, 0.25) is 5.91 Å². The topological polar surface area (TPSA) is 29.1 Å². The van der Waals surface area contributed by atoms with E-state index < -0.39 is 0 Å². The second-order valence-electron chi connectivity index (χ2n) is 5.96. The molecule has 0 radical (unpaired) electrons. The van der Waals surface area contributed by atoms with E-state index in [2.05, 4.69) is 64.6 Å². The third-order valence-corrected chi connectivity index (χ3v) is 5.23. The summed E-state index contributed by atoms with van der Waals surface area (Å²) in [5, 5.41) is 3.18. The number of benzene rings is 2. The van der Waals surface area contributed by atoms with Gasteiger partial charge in [0, 0.05) is 0 Å². The number of carbonyl (C=O) groups excluding carboxylic acids is 1. The molecule has 3 rings (SSSR count). The van der Waals surface area contributed by atoms with Crippen LogP contribution in [0.3, 0.4) is 0 Å². The molecule has 1 aliphatic rings. The first-order valence-electron chi connectivity index (χ1n) is 7.70. The minimum atomic E-state index is -0.134. The smallest absolute Gasteiger partial charge is 0.234 e. The number of nitrogens with one attached hydrogen (secondary N) is 1. The van der Waals surface area contributed by atoms with E-state index in [1.807, 2.05) is 18.2 Å². The summed E-state index contributed by atoms with van der Waals surface area (Å²) in [5.74, 6) is 0.458. The number of halogens is 1. The highest BCUT2D eigenvalue weighted by Gasteiger charge is 2.31. The maximum atomic E-state index is 12.3. The largest absolute Gasteiger partial charge is 0.348 e. The van der Waals surface area contributed by atoms with Crippen LogP contribution in [0.25, 0.3) is 0 Å². The Bertz CT molecular complexity index is 655. The number of amides is 1. The van der Waals surface area contributed by atoms with Crippen molar-refractivity contribution in [1.82, 2.24) is 5.32 Å². The Hall–Kier alpha value is -1.61. The van der Waals surface area contributed by atoms with E-state index in [0.29, 0.717) is 5.92 Å². The van der Waals surface area contributed by atoms with Crippen LogP contribution in [-0.2, 0) is 4.79 Å². The third kappa shape index (κ3) is 3.25. The molecule has 114 valence electrons. The minimum Gasteiger partial charge on any atom is -0.348 e. The number of aryl methyl sites for hydroxylation is 1. The predicted molar refractivity (Wildman–Crippen MR) is 93.2 cm³/mol. The third-order valence-electron chi connectivity index (χ3n) is 4.44. The highest BCUT2D eigenvalue weighted by atomic mass is 79.9. The van der Waals surface area contributed by atoms with Gasteiger partial charge in [0.05, 0.1) is 10.9 Å². The van der Waals surface area contributed by atoms with E-state index in [0.717, 1.165) is 12.8 Å². The molecule has 2 aromatic rings. The highest BCUT2D eigenvalue weighted by molar-refractivity contribution is 9.10. The van der Waals surface area contributed by atoms with E-state index >= 15 is 0 Å². The maximum absolute atomic E-state index is 12.3. The number of hydrogen-bond acceptors (Lipinski definition) is 1. The normalized spacial score (nSPS) is 25.4. The Morgan fingerprint density at radius 2 is 1.68 bits per heavy atom. The van der Waals surface area contributed by atoms with Crippen molar-refractivity contribution in [3.63, 3.8) is 0 Å². The zero-order chi connectivity index (χ0) is 15.5. The Morgan fingerprint density at radius 1 is 1.00 bits per heavy atom. The number of rotatable bonds is 2. The molecule has 0 aliphatic carbocycles. The average molecular weight is 358 g/mol. The van der Waals surface area contributed by atoms with Gasteiger partial charge in [0.1, 0.15) is 0 Å². The molecular formula is C19H20BrNO. The fourth-order valence-corrected chi connectivity index (χ4v) is 3.85. The summed E-state index contributed by atoms with van der Waals surface area (Å²) >= 11 is 3.55. The molecule has 1 N–H and O–H groups in total. The van der Waals surface area contributed by atoms with E-state index in [-0.39, 0.29) is 16.8 Å². The Kier molecular flexibility index (Phi) is 4.63. The number of carbonyl (C=O) groups is 1. The Morgan fingerprint density at radius 3 is 2.41 bits per heavy atom. The molecule has 0 bridgehead atoms. The summed E-state index contributed by atoms with van der Waals surface area (Å²) in [4.78, 5) is 12.2. The summed E-state index contributed by atoms with van der Waals surface area (Å²) in [6.45, 7) is 2.15. The molecular weight excluding hydrogens is 338 g/mol. The first-order valence-corrected chi connectivity index (χ1v) is 8.61. The summed E-state index contributed by atoms with van der Waals surface area (Å²) in [7, 11) is 0. The summed E-state index contributed by atoms with van der Waals surface area (Å²) in [5.41, 5.74) is 3.83. The molecule has 3 atom stereocenters. The monoisotopic (exact) mass is 357 g/mol. The fourth-order valence-electron chi connectivity index (χ4n) is 3.26. The predicted octanol–water partition coefficient (Wildman–Crippen LogP) is 4.49. The molecule has 3 unspecified atom stereocenters. The van der Waals surface area contributed by atoms with Gasteiger partial charge in [-0.1, -0.05) is 70.5 Å². The van der Waals surface area contributed by atoms with Crippen LogP contribution in [0.1, 0.15) is 41.5 Å². The molecule has 0 spiro atoms. The Labute approximate surface area is 140 Å². The van der Waals surface area contributed by atoms with Crippen LogP contribution in [0.5, 0.6) is 0 Å².